The minimum Gasteiger partial charge on any atom is -0.488 e. The van der Waals surface area contributed by atoms with Crippen molar-refractivity contribution in [2.24, 2.45) is 5.73 Å². The van der Waals surface area contributed by atoms with E-state index in [2.05, 4.69) is 22.0 Å². The third-order valence-electron chi connectivity index (χ3n) is 3.33. The summed E-state index contributed by atoms with van der Waals surface area (Å²) in [6, 6.07) is 16.2. The molecule has 0 bridgehead atoms. The van der Waals surface area contributed by atoms with Crippen molar-refractivity contribution < 1.29 is 4.74 Å². The van der Waals surface area contributed by atoms with E-state index < -0.39 is 0 Å². The van der Waals surface area contributed by atoms with Crippen LogP contribution < -0.4 is 10.5 Å². The number of para-hydroxylation sites is 1. The number of fused-ring (bicyclic) bond motifs is 1. The fraction of sp³-hybridized carbons (Fsp3) is 0.200. The summed E-state index contributed by atoms with van der Waals surface area (Å²) in [7, 11) is 0. The van der Waals surface area contributed by atoms with E-state index in [1.807, 2.05) is 42.5 Å². The molecular formula is C15H14BrNO. The van der Waals surface area contributed by atoms with Crippen LogP contribution in [-0.2, 0) is 6.42 Å². The predicted molar refractivity (Wildman–Crippen MR) is 75.6 cm³/mol. The third-order valence-corrected chi connectivity index (χ3v) is 3.86. The molecule has 0 spiro atoms. The van der Waals surface area contributed by atoms with E-state index in [1.165, 1.54) is 5.56 Å². The molecule has 2 nitrogen and oxygen atoms in total. The van der Waals surface area contributed by atoms with Crippen LogP contribution in [0.5, 0.6) is 5.75 Å². The molecule has 2 unspecified atom stereocenters. The Morgan fingerprint density at radius 3 is 2.56 bits per heavy atom. The quantitative estimate of drug-likeness (QED) is 0.922. The summed E-state index contributed by atoms with van der Waals surface area (Å²) < 4.78 is 6.98. The van der Waals surface area contributed by atoms with Crippen LogP contribution in [0.25, 0.3) is 0 Å². The van der Waals surface area contributed by atoms with Crippen LogP contribution >= 0.6 is 15.9 Å². The Kier molecular flexibility index (Phi) is 3.10. The second-order valence-corrected chi connectivity index (χ2v) is 5.46. The smallest absolute Gasteiger partial charge is 0.123 e. The summed E-state index contributed by atoms with van der Waals surface area (Å²) in [6.07, 6.45) is 0.913. The van der Waals surface area contributed by atoms with Gasteiger partial charge in [-0.25, -0.2) is 0 Å². The van der Waals surface area contributed by atoms with Gasteiger partial charge in [0.2, 0.25) is 0 Å². The predicted octanol–water partition coefficient (Wildman–Crippen LogP) is 3.45. The zero-order valence-electron chi connectivity index (χ0n) is 9.84. The van der Waals surface area contributed by atoms with E-state index in [9.17, 15) is 0 Å². The molecule has 92 valence electrons. The van der Waals surface area contributed by atoms with E-state index in [-0.39, 0.29) is 12.1 Å². The first-order valence-electron chi connectivity index (χ1n) is 5.99. The number of benzene rings is 2. The minimum absolute atomic E-state index is 0.0311. The molecule has 1 aliphatic rings. The highest BCUT2D eigenvalue weighted by Gasteiger charge is 2.28. The second-order valence-electron chi connectivity index (χ2n) is 4.55. The van der Waals surface area contributed by atoms with Crippen molar-refractivity contribution in [3.05, 3.63) is 64.1 Å². The van der Waals surface area contributed by atoms with Gasteiger partial charge in [-0.15, -0.1) is 0 Å². The molecule has 0 fully saturated rings. The van der Waals surface area contributed by atoms with Crippen LogP contribution in [0.3, 0.4) is 0 Å². The molecule has 2 aromatic carbocycles. The molecule has 1 heterocycles. The van der Waals surface area contributed by atoms with Gasteiger partial charge in [0.15, 0.2) is 0 Å². The first kappa shape index (κ1) is 11.8. The zero-order chi connectivity index (χ0) is 12.5. The standard InChI is InChI=1S/C15H14BrNO/c16-12-7-5-10(6-8-12)15(17)14-9-11-3-1-2-4-13(11)18-14/h1-8,14-15H,9,17H2. The van der Waals surface area contributed by atoms with Crippen molar-refractivity contribution in [2.75, 3.05) is 0 Å². The average Bonchev–Trinajstić information content (AvgIpc) is 2.82. The Hall–Kier alpha value is -1.32. The van der Waals surface area contributed by atoms with Crippen LogP contribution in [0.4, 0.5) is 0 Å². The summed E-state index contributed by atoms with van der Waals surface area (Å²) in [5, 5.41) is 0. The minimum atomic E-state index is -0.0921. The molecule has 0 aliphatic carbocycles. The molecule has 0 radical (unpaired) electrons. The lowest BCUT2D eigenvalue weighted by Gasteiger charge is -2.19. The van der Waals surface area contributed by atoms with Gasteiger partial charge in [0, 0.05) is 10.9 Å². The molecule has 3 heteroatoms. The fourth-order valence-corrected chi connectivity index (χ4v) is 2.57. The van der Waals surface area contributed by atoms with Crippen molar-refractivity contribution in [1.29, 1.82) is 0 Å². The molecule has 3 rings (SSSR count). The Morgan fingerprint density at radius 2 is 1.83 bits per heavy atom. The monoisotopic (exact) mass is 303 g/mol. The van der Waals surface area contributed by atoms with Crippen LogP contribution in [0.2, 0.25) is 0 Å². The molecule has 2 aromatic rings. The number of hydrogen-bond donors (Lipinski definition) is 1. The van der Waals surface area contributed by atoms with Crippen molar-refractivity contribution in [2.45, 2.75) is 18.6 Å². The van der Waals surface area contributed by atoms with Gasteiger partial charge in [-0.05, 0) is 29.3 Å². The first-order valence-corrected chi connectivity index (χ1v) is 6.79. The summed E-state index contributed by atoms with van der Waals surface area (Å²) >= 11 is 3.43. The summed E-state index contributed by atoms with van der Waals surface area (Å²) in [6.45, 7) is 0. The topological polar surface area (TPSA) is 35.2 Å². The summed E-state index contributed by atoms with van der Waals surface area (Å²) in [5.74, 6) is 0.968. The Morgan fingerprint density at radius 1 is 1.11 bits per heavy atom. The molecule has 1 aliphatic heterocycles. The van der Waals surface area contributed by atoms with Crippen LogP contribution in [-0.4, -0.2) is 6.10 Å². The van der Waals surface area contributed by atoms with E-state index in [1.54, 1.807) is 0 Å². The van der Waals surface area contributed by atoms with Gasteiger partial charge in [0.25, 0.3) is 0 Å². The van der Waals surface area contributed by atoms with E-state index in [0.717, 1.165) is 22.2 Å². The van der Waals surface area contributed by atoms with Gasteiger partial charge in [0.05, 0.1) is 6.04 Å². The van der Waals surface area contributed by atoms with Gasteiger partial charge in [0.1, 0.15) is 11.9 Å². The second kappa shape index (κ2) is 4.75. The number of rotatable bonds is 2. The Labute approximate surface area is 115 Å². The van der Waals surface area contributed by atoms with Crippen LogP contribution in [0, 0.1) is 0 Å². The maximum Gasteiger partial charge on any atom is 0.123 e. The Balaban J connectivity index is 1.80. The number of hydrogen-bond acceptors (Lipinski definition) is 2. The molecule has 0 aromatic heterocycles. The lowest BCUT2D eigenvalue weighted by Crippen LogP contribution is -2.29. The number of ether oxygens (including phenoxy) is 1. The van der Waals surface area contributed by atoms with Gasteiger partial charge < -0.3 is 10.5 Å². The third kappa shape index (κ3) is 2.16. The molecule has 2 N–H and O–H groups in total. The maximum absolute atomic E-state index is 6.29. The lowest BCUT2D eigenvalue weighted by atomic mass is 9.99. The highest BCUT2D eigenvalue weighted by molar-refractivity contribution is 9.10. The van der Waals surface area contributed by atoms with E-state index in [0.29, 0.717) is 0 Å². The van der Waals surface area contributed by atoms with E-state index in [4.69, 9.17) is 10.5 Å². The molecule has 18 heavy (non-hydrogen) atoms. The zero-order valence-corrected chi connectivity index (χ0v) is 11.4. The van der Waals surface area contributed by atoms with Gasteiger partial charge in [-0.3, -0.25) is 0 Å². The van der Waals surface area contributed by atoms with Gasteiger partial charge in [-0.1, -0.05) is 46.3 Å². The summed E-state index contributed by atoms with van der Waals surface area (Å²) in [4.78, 5) is 0. The molecular weight excluding hydrogens is 290 g/mol. The SMILES string of the molecule is NC(c1ccc(Br)cc1)C1Cc2ccccc2O1. The van der Waals surface area contributed by atoms with Gasteiger partial charge >= 0.3 is 0 Å². The number of nitrogens with two attached hydrogens (primary N) is 1. The highest BCUT2D eigenvalue weighted by Crippen LogP contribution is 2.33. The Bertz CT molecular complexity index is 528. The van der Waals surface area contributed by atoms with E-state index >= 15 is 0 Å². The summed E-state index contributed by atoms with van der Waals surface area (Å²) in [5.41, 5.74) is 8.64. The van der Waals surface area contributed by atoms with Crippen molar-refractivity contribution >= 4 is 15.9 Å². The molecule has 0 saturated heterocycles. The maximum atomic E-state index is 6.29. The van der Waals surface area contributed by atoms with Crippen molar-refractivity contribution in [3.8, 4) is 5.75 Å². The number of halogens is 1. The normalized spacial score (nSPS) is 19.1. The van der Waals surface area contributed by atoms with Crippen LogP contribution in [0.15, 0.2) is 53.0 Å². The fourth-order valence-electron chi connectivity index (χ4n) is 2.31. The molecule has 0 saturated carbocycles. The average molecular weight is 304 g/mol. The highest BCUT2D eigenvalue weighted by atomic mass is 79.9. The molecule has 0 amide bonds. The van der Waals surface area contributed by atoms with Crippen LogP contribution in [0.1, 0.15) is 17.2 Å². The van der Waals surface area contributed by atoms with Gasteiger partial charge in [-0.2, -0.15) is 0 Å². The lowest BCUT2D eigenvalue weighted by molar-refractivity contribution is 0.200. The first-order chi connectivity index (χ1) is 8.74. The molecule has 2 atom stereocenters. The largest absolute Gasteiger partial charge is 0.488 e. The van der Waals surface area contributed by atoms with Crippen molar-refractivity contribution in [1.82, 2.24) is 0 Å². The van der Waals surface area contributed by atoms with Crippen molar-refractivity contribution in [3.63, 3.8) is 0 Å².